The minimum absolute atomic E-state index is 0. The summed E-state index contributed by atoms with van der Waals surface area (Å²) >= 11 is 0. The lowest BCUT2D eigenvalue weighted by molar-refractivity contribution is 0.328. The van der Waals surface area contributed by atoms with E-state index in [-0.39, 0.29) is 18.4 Å². The fourth-order valence-electron chi connectivity index (χ4n) is 2.60. The van der Waals surface area contributed by atoms with Crippen LogP contribution in [0.1, 0.15) is 18.9 Å². The lowest BCUT2D eigenvalue weighted by atomic mass is 9.97. The van der Waals surface area contributed by atoms with Gasteiger partial charge in [0.25, 0.3) is 0 Å². The lowest BCUT2D eigenvalue weighted by Crippen LogP contribution is -2.48. The zero-order chi connectivity index (χ0) is 15.5. The molecular formula is C15H26ClN3O2S. The van der Waals surface area contributed by atoms with E-state index >= 15 is 0 Å². The molecule has 0 aromatic heterocycles. The van der Waals surface area contributed by atoms with E-state index in [0.717, 1.165) is 31.6 Å². The van der Waals surface area contributed by atoms with Crippen LogP contribution in [0.2, 0.25) is 0 Å². The van der Waals surface area contributed by atoms with Gasteiger partial charge in [0.1, 0.15) is 0 Å². The largest absolute Gasteiger partial charge is 0.316 e. The fraction of sp³-hybridized carbons (Fsp3) is 0.600. The Hall–Kier alpha value is -0.660. The van der Waals surface area contributed by atoms with Crippen LogP contribution in [-0.4, -0.2) is 46.5 Å². The van der Waals surface area contributed by atoms with Crippen LogP contribution in [0.15, 0.2) is 29.2 Å². The Balaban J connectivity index is 0.00000242. The third-order valence-corrected chi connectivity index (χ3v) is 5.33. The SMILES string of the molecule is CC1CNCCC1NS(=O)(=O)c1ccc(CN(C)C)cc1.Cl. The van der Waals surface area contributed by atoms with Gasteiger partial charge in [-0.15, -0.1) is 12.4 Å². The van der Waals surface area contributed by atoms with Gasteiger partial charge in [-0.2, -0.15) is 0 Å². The van der Waals surface area contributed by atoms with Gasteiger partial charge in [-0.1, -0.05) is 19.1 Å². The minimum Gasteiger partial charge on any atom is -0.316 e. The molecule has 1 heterocycles. The van der Waals surface area contributed by atoms with Gasteiger partial charge in [0.05, 0.1) is 4.90 Å². The third-order valence-electron chi connectivity index (χ3n) is 3.82. The first-order valence-corrected chi connectivity index (χ1v) is 8.83. The highest BCUT2D eigenvalue weighted by molar-refractivity contribution is 7.89. The molecule has 2 unspecified atom stereocenters. The zero-order valence-electron chi connectivity index (χ0n) is 13.4. The quantitative estimate of drug-likeness (QED) is 0.846. The van der Waals surface area contributed by atoms with Crippen molar-refractivity contribution in [2.45, 2.75) is 30.8 Å². The van der Waals surface area contributed by atoms with Gasteiger partial charge in [0.2, 0.25) is 10.0 Å². The molecule has 1 saturated heterocycles. The number of sulfonamides is 1. The summed E-state index contributed by atoms with van der Waals surface area (Å²) < 4.78 is 27.7. The maximum absolute atomic E-state index is 12.4. The van der Waals surface area contributed by atoms with E-state index < -0.39 is 10.0 Å². The first kappa shape index (κ1) is 19.4. The second-order valence-electron chi connectivity index (χ2n) is 6.08. The van der Waals surface area contributed by atoms with Crippen LogP contribution in [0.25, 0.3) is 0 Å². The number of benzene rings is 1. The number of piperidine rings is 1. The van der Waals surface area contributed by atoms with E-state index in [2.05, 4.69) is 21.9 Å². The summed E-state index contributed by atoms with van der Waals surface area (Å²) in [6, 6.07) is 7.14. The molecule has 2 atom stereocenters. The van der Waals surface area contributed by atoms with Crippen molar-refractivity contribution in [3.8, 4) is 0 Å². The van der Waals surface area contributed by atoms with Gasteiger partial charge in [0.15, 0.2) is 0 Å². The van der Waals surface area contributed by atoms with Gasteiger partial charge < -0.3 is 10.2 Å². The molecule has 126 valence electrons. The number of rotatable bonds is 5. The molecule has 2 rings (SSSR count). The smallest absolute Gasteiger partial charge is 0.240 e. The molecule has 5 nitrogen and oxygen atoms in total. The van der Waals surface area contributed by atoms with Gasteiger partial charge in [-0.05, 0) is 57.2 Å². The Kier molecular flexibility index (Phi) is 7.28. The minimum atomic E-state index is -3.43. The fourth-order valence-corrected chi connectivity index (χ4v) is 3.97. The summed E-state index contributed by atoms with van der Waals surface area (Å²) in [6.45, 7) is 4.59. The van der Waals surface area contributed by atoms with E-state index in [9.17, 15) is 8.42 Å². The van der Waals surface area contributed by atoms with E-state index in [1.165, 1.54) is 0 Å². The zero-order valence-corrected chi connectivity index (χ0v) is 15.0. The van der Waals surface area contributed by atoms with Crippen molar-refractivity contribution >= 4 is 22.4 Å². The van der Waals surface area contributed by atoms with Gasteiger partial charge in [0, 0.05) is 12.6 Å². The van der Waals surface area contributed by atoms with E-state index in [0.29, 0.717) is 10.8 Å². The predicted molar refractivity (Wildman–Crippen MR) is 91.8 cm³/mol. The molecular weight excluding hydrogens is 322 g/mol. The molecule has 7 heteroatoms. The Bertz CT molecular complexity index is 561. The molecule has 0 radical (unpaired) electrons. The highest BCUT2D eigenvalue weighted by atomic mass is 35.5. The van der Waals surface area contributed by atoms with Crippen molar-refractivity contribution in [3.05, 3.63) is 29.8 Å². The Morgan fingerprint density at radius 2 is 1.91 bits per heavy atom. The first-order chi connectivity index (χ1) is 9.88. The number of halogens is 1. The van der Waals surface area contributed by atoms with Crippen molar-refractivity contribution in [2.24, 2.45) is 5.92 Å². The summed E-state index contributed by atoms with van der Waals surface area (Å²) in [5.74, 6) is 0.307. The van der Waals surface area contributed by atoms with Crippen molar-refractivity contribution in [1.29, 1.82) is 0 Å². The van der Waals surface area contributed by atoms with Gasteiger partial charge in [-0.25, -0.2) is 13.1 Å². The Labute approximate surface area is 139 Å². The number of nitrogens with zero attached hydrogens (tertiary/aromatic N) is 1. The number of hydrogen-bond donors (Lipinski definition) is 2. The predicted octanol–water partition coefficient (Wildman–Crippen LogP) is 1.45. The summed E-state index contributed by atoms with van der Waals surface area (Å²) in [5, 5.41) is 3.28. The lowest BCUT2D eigenvalue weighted by Gasteiger charge is -2.29. The first-order valence-electron chi connectivity index (χ1n) is 7.35. The maximum Gasteiger partial charge on any atom is 0.240 e. The summed E-state index contributed by atoms with van der Waals surface area (Å²) in [6.07, 6.45) is 0.832. The second kappa shape index (κ2) is 8.26. The summed E-state index contributed by atoms with van der Waals surface area (Å²) in [5.41, 5.74) is 1.11. The molecule has 1 aliphatic heterocycles. The number of hydrogen-bond acceptors (Lipinski definition) is 4. The Morgan fingerprint density at radius 1 is 1.27 bits per heavy atom. The molecule has 1 fully saturated rings. The highest BCUT2D eigenvalue weighted by Crippen LogP contribution is 2.16. The van der Waals surface area contributed by atoms with Crippen LogP contribution in [0, 0.1) is 5.92 Å². The molecule has 22 heavy (non-hydrogen) atoms. The third kappa shape index (κ3) is 5.21. The van der Waals surface area contributed by atoms with E-state index in [4.69, 9.17) is 0 Å². The van der Waals surface area contributed by atoms with Crippen LogP contribution < -0.4 is 10.0 Å². The summed E-state index contributed by atoms with van der Waals surface area (Å²) in [4.78, 5) is 2.40. The topological polar surface area (TPSA) is 61.4 Å². The molecule has 1 aromatic carbocycles. The average Bonchev–Trinajstić information content (AvgIpc) is 2.41. The summed E-state index contributed by atoms with van der Waals surface area (Å²) in [7, 11) is 0.552. The second-order valence-corrected chi connectivity index (χ2v) is 7.79. The van der Waals surface area contributed by atoms with Crippen molar-refractivity contribution < 1.29 is 8.42 Å². The molecule has 0 aliphatic carbocycles. The van der Waals surface area contributed by atoms with Crippen LogP contribution in [0.3, 0.4) is 0 Å². The van der Waals surface area contributed by atoms with Crippen molar-refractivity contribution in [1.82, 2.24) is 14.9 Å². The molecule has 0 amide bonds. The van der Waals surface area contributed by atoms with E-state index in [1.54, 1.807) is 12.1 Å². The molecule has 0 saturated carbocycles. The normalized spacial score (nSPS) is 22.4. The van der Waals surface area contributed by atoms with Crippen molar-refractivity contribution in [3.63, 3.8) is 0 Å². The number of nitrogens with one attached hydrogen (secondary N) is 2. The highest BCUT2D eigenvalue weighted by Gasteiger charge is 2.26. The average molecular weight is 348 g/mol. The monoisotopic (exact) mass is 347 g/mol. The van der Waals surface area contributed by atoms with E-state index in [1.807, 2.05) is 26.2 Å². The standard InChI is InChI=1S/C15H25N3O2S.ClH/c1-12-10-16-9-8-15(12)17-21(19,20)14-6-4-13(5-7-14)11-18(2)3;/h4-7,12,15-17H,8-11H2,1-3H3;1H. The van der Waals surface area contributed by atoms with Crippen LogP contribution in [-0.2, 0) is 16.6 Å². The van der Waals surface area contributed by atoms with Gasteiger partial charge >= 0.3 is 0 Å². The van der Waals surface area contributed by atoms with Crippen LogP contribution >= 0.6 is 12.4 Å². The van der Waals surface area contributed by atoms with Crippen LogP contribution in [0.5, 0.6) is 0 Å². The van der Waals surface area contributed by atoms with Crippen LogP contribution in [0.4, 0.5) is 0 Å². The maximum atomic E-state index is 12.4. The molecule has 1 aromatic rings. The molecule has 0 bridgehead atoms. The van der Waals surface area contributed by atoms with Crippen molar-refractivity contribution in [2.75, 3.05) is 27.2 Å². The van der Waals surface area contributed by atoms with Gasteiger partial charge in [-0.3, -0.25) is 0 Å². The molecule has 1 aliphatic rings. The molecule has 2 N–H and O–H groups in total. The Morgan fingerprint density at radius 3 is 2.45 bits per heavy atom. The molecule has 0 spiro atoms.